The zero-order chi connectivity index (χ0) is 16.7. The van der Waals surface area contributed by atoms with Crippen LogP contribution in [0, 0.1) is 11.8 Å². The fraction of sp³-hybridized carbons (Fsp3) is 0.875. The largest absolute Gasteiger partial charge is 0.466 e. The van der Waals surface area contributed by atoms with E-state index >= 15 is 0 Å². The van der Waals surface area contributed by atoms with E-state index in [4.69, 9.17) is 14.2 Å². The van der Waals surface area contributed by atoms with E-state index in [1.807, 2.05) is 34.6 Å². The molecule has 6 nitrogen and oxygen atoms in total. The summed E-state index contributed by atoms with van der Waals surface area (Å²) in [5.74, 6) is -0.220. The van der Waals surface area contributed by atoms with Gasteiger partial charge in [-0.05, 0) is 53.9 Å². The molecule has 1 saturated heterocycles. The Kier molecular flexibility index (Phi) is 4.44. The molecule has 0 aromatic rings. The molecule has 0 unspecified atom stereocenters. The highest BCUT2D eigenvalue weighted by atomic mass is 16.6. The van der Waals surface area contributed by atoms with Crippen LogP contribution in [0.4, 0.5) is 4.79 Å². The lowest BCUT2D eigenvalue weighted by Gasteiger charge is -2.35. The standard InChI is InChI=1S/C16H27NO5/c1-7-20-13(18)11-8-10(11)12-9-21-16(5,6)17(12)14(19)22-15(2,3)4/h10-12H,7-9H2,1-6H3/t10-,11-,12+/m0/s1. The molecule has 0 N–H and O–H groups in total. The maximum absolute atomic E-state index is 12.5. The first-order chi connectivity index (χ1) is 10.1. The zero-order valence-electron chi connectivity index (χ0n) is 14.3. The minimum atomic E-state index is -0.727. The van der Waals surface area contributed by atoms with E-state index in [0.717, 1.165) is 6.42 Å². The van der Waals surface area contributed by atoms with Crippen LogP contribution in [0.2, 0.25) is 0 Å². The van der Waals surface area contributed by atoms with Crippen molar-refractivity contribution in [2.24, 2.45) is 11.8 Å². The van der Waals surface area contributed by atoms with E-state index in [0.29, 0.717) is 13.2 Å². The van der Waals surface area contributed by atoms with Gasteiger partial charge in [0, 0.05) is 0 Å². The monoisotopic (exact) mass is 313 g/mol. The third-order valence-electron chi connectivity index (χ3n) is 4.03. The van der Waals surface area contributed by atoms with E-state index in [1.165, 1.54) is 0 Å². The summed E-state index contributed by atoms with van der Waals surface area (Å²) < 4.78 is 16.3. The molecular formula is C16H27NO5. The van der Waals surface area contributed by atoms with Gasteiger partial charge in [0.05, 0.1) is 25.2 Å². The number of amides is 1. The van der Waals surface area contributed by atoms with Crippen molar-refractivity contribution < 1.29 is 23.8 Å². The van der Waals surface area contributed by atoms with Crippen LogP contribution >= 0.6 is 0 Å². The second-order valence-corrected chi connectivity index (χ2v) is 7.43. The van der Waals surface area contributed by atoms with Gasteiger partial charge >= 0.3 is 12.1 Å². The van der Waals surface area contributed by atoms with Gasteiger partial charge in [0.15, 0.2) is 0 Å². The lowest BCUT2D eigenvalue weighted by Crippen LogP contribution is -2.50. The van der Waals surface area contributed by atoms with Crippen molar-refractivity contribution >= 4 is 12.1 Å². The molecule has 3 atom stereocenters. The van der Waals surface area contributed by atoms with Gasteiger partial charge in [0.25, 0.3) is 0 Å². The normalized spacial score (nSPS) is 30.1. The Morgan fingerprint density at radius 2 is 1.95 bits per heavy atom. The summed E-state index contributed by atoms with van der Waals surface area (Å²) >= 11 is 0. The van der Waals surface area contributed by atoms with Crippen molar-refractivity contribution in [3.05, 3.63) is 0 Å². The molecule has 2 aliphatic rings. The highest BCUT2D eigenvalue weighted by molar-refractivity contribution is 5.76. The Morgan fingerprint density at radius 3 is 2.50 bits per heavy atom. The molecule has 6 heteroatoms. The Labute approximate surface area is 132 Å². The van der Waals surface area contributed by atoms with Crippen LogP contribution in [0.15, 0.2) is 0 Å². The highest BCUT2D eigenvalue weighted by Gasteiger charge is 2.57. The summed E-state index contributed by atoms with van der Waals surface area (Å²) in [5.41, 5.74) is -1.29. The molecular weight excluding hydrogens is 286 g/mol. The van der Waals surface area contributed by atoms with Crippen LogP contribution in [-0.4, -0.2) is 47.5 Å². The van der Waals surface area contributed by atoms with Crippen molar-refractivity contribution in [1.82, 2.24) is 4.90 Å². The SMILES string of the molecule is CCOC(=O)[C@H]1C[C@@H]1[C@H]1COC(C)(C)N1C(=O)OC(C)(C)C. The van der Waals surface area contributed by atoms with Crippen molar-refractivity contribution in [2.45, 2.75) is 65.3 Å². The Bertz CT molecular complexity index is 454. The van der Waals surface area contributed by atoms with Crippen LogP contribution in [0.1, 0.15) is 48.0 Å². The van der Waals surface area contributed by atoms with E-state index in [-0.39, 0.29) is 23.8 Å². The van der Waals surface area contributed by atoms with Crippen LogP contribution in [-0.2, 0) is 19.0 Å². The molecule has 1 heterocycles. The minimum absolute atomic E-state index is 0.0911. The van der Waals surface area contributed by atoms with E-state index < -0.39 is 17.4 Å². The van der Waals surface area contributed by atoms with Crippen LogP contribution in [0.3, 0.4) is 0 Å². The summed E-state index contributed by atoms with van der Waals surface area (Å²) in [7, 11) is 0. The summed E-state index contributed by atoms with van der Waals surface area (Å²) in [4.78, 5) is 26.0. The van der Waals surface area contributed by atoms with Gasteiger partial charge in [-0.15, -0.1) is 0 Å². The van der Waals surface area contributed by atoms with Gasteiger partial charge in [-0.3, -0.25) is 9.69 Å². The van der Waals surface area contributed by atoms with E-state index in [1.54, 1.807) is 11.8 Å². The first kappa shape index (κ1) is 17.1. The fourth-order valence-electron chi connectivity index (χ4n) is 2.97. The van der Waals surface area contributed by atoms with Gasteiger partial charge in [-0.25, -0.2) is 4.79 Å². The quantitative estimate of drug-likeness (QED) is 0.749. The topological polar surface area (TPSA) is 65.1 Å². The van der Waals surface area contributed by atoms with Gasteiger partial charge in [-0.2, -0.15) is 0 Å². The zero-order valence-corrected chi connectivity index (χ0v) is 14.3. The van der Waals surface area contributed by atoms with Gasteiger partial charge in [-0.1, -0.05) is 0 Å². The van der Waals surface area contributed by atoms with Crippen LogP contribution in [0.5, 0.6) is 0 Å². The fourth-order valence-corrected chi connectivity index (χ4v) is 2.97. The minimum Gasteiger partial charge on any atom is -0.466 e. The summed E-state index contributed by atoms with van der Waals surface area (Å²) in [6.45, 7) is 11.8. The second kappa shape index (κ2) is 5.72. The van der Waals surface area contributed by atoms with Gasteiger partial charge in [0.2, 0.25) is 0 Å². The molecule has 1 amide bonds. The predicted molar refractivity (Wildman–Crippen MR) is 80.1 cm³/mol. The van der Waals surface area contributed by atoms with Crippen molar-refractivity contribution in [3.8, 4) is 0 Å². The molecule has 1 aliphatic carbocycles. The molecule has 126 valence electrons. The second-order valence-electron chi connectivity index (χ2n) is 7.43. The Hall–Kier alpha value is -1.30. The third-order valence-corrected chi connectivity index (χ3v) is 4.03. The Morgan fingerprint density at radius 1 is 1.32 bits per heavy atom. The van der Waals surface area contributed by atoms with E-state index in [9.17, 15) is 9.59 Å². The number of nitrogens with zero attached hydrogens (tertiary/aromatic N) is 1. The predicted octanol–water partition coefficient (Wildman–Crippen LogP) is 2.56. The molecule has 0 spiro atoms. The number of esters is 1. The highest BCUT2D eigenvalue weighted by Crippen LogP contribution is 2.48. The molecule has 0 radical (unpaired) electrons. The maximum atomic E-state index is 12.5. The van der Waals surface area contributed by atoms with E-state index in [2.05, 4.69) is 0 Å². The number of carbonyl (C=O) groups excluding carboxylic acids is 2. The molecule has 0 bridgehead atoms. The van der Waals surface area contributed by atoms with Crippen LogP contribution < -0.4 is 0 Å². The first-order valence-corrected chi connectivity index (χ1v) is 7.89. The molecule has 1 saturated carbocycles. The van der Waals surface area contributed by atoms with Gasteiger partial charge < -0.3 is 14.2 Å². The molecule has 2 fully saturated rings. The number of carbonyl (C=O) groups is 2. The Balaban J connectivity index is 2.08. The number of rotatable bonds is 3. The number of hydrogen-bond donors (Lipinski definition) is 0. The summed E-state index contributed by atoms with van der Waals surface area (Å²) in [6.07, 6.45) is 0.344. The van der Waals surface area contributed by atoms with Crippen molar-refractivity contribution in [3.63, 3.8) is 0 Å². The molecule has 22 heavy (non-hydrogen) atoms. The smallest absolute Gasteiger partial charge is 0.412 e. The molecule has 1 aliphatic heterocycles. The average Bonchev–Trinajstić information content (AvgIpc) is 3.06. The summed E-state index contributed by atoms with van der Waals surface area (Å²) in [6, 6.07) is -0.140. The number of hydrogen-bond acceptors (Lipinski definition) is 5. The molecule has 0 aromatic heterocycles. The van der Waals surface area contributed by atoms with Crippen molar-refractivity contribution in [1.29, 1.82) is 0 Å². The average molecular weight is 313 g/mol. The maximum Gasteiger partial charge on any atom is 0.412 e. The van der Waals surface area contributed by atoms with Gasteiger partial charge in [0.1, 0.15) is 11.3 Å². The molecule has 2 rings (SSSR count). The molecule has 0 aromatic carbocycles. The number of ether oxygens (including phenoxy) is 3. The third kappa shape index (κ3) is 3.54. The summed E-state index contributed by atoms with van der Waals surface area (Å²) in [5, 5.41) is 0. The van der Waals surface area contributed by atoms with Crippen LogP contribution in [0.25, 0.3) is 0 Å². The lowest BCUT2D eigenvalue weighted by atomic mass is 10.1. The van der Waals surface area contributed by atoms with Crippen molar-refractivity contribution in [2.75, 3.05) is 13.2 Å². The first-order valence-electron chi connectivity index (χ1n) is 7.89. The lowest BCUT2D eigenvalue weighted by molar-refractivity contribution is -0.145.